The average Bonchev–Trinajstić information content (AvgIpc) is 3.15. The van der Waals surface area contributed by atoms with Crippen LogP contribution in [0.3, 0.4) is 0 Å². The van der Waals surface area contributed by atoms with E-state index in [2.05, 4.69) is 42.6 Å². The molecule has 1 aromatic heterocycles. The van der Waals surface area contributed by atoms with E-state index in [9.17, 15) is 4.79 Å². The number of carbonyl (C=O) groups excluding carboxylic acids is 1. The first-order valence-electron chi connectivity index (χ1n) is 12.5. The second-order valence-corrected chi connectivity index (χ2v) is 9.84. The highest BCUT2D eigenvalue weighted by molar-refractivity contribution is 6.32. The van der Waals surface area contributed by atoms with Crippen LogP contribution in [0.2, 0.25) is 5.02 Å². The Hall–Kier alpha value is -3.63. The number of benzene rings is 3. The summed E-state index contributed by atoms with van der Waals surface area (Å²) in [5.41, 5.74) is 7.83. The van der Waals surface area contributed by atoms with Gasteiger partial charge in [-0.15, -0.1) is 0 Å². The zero-order valence-corrected chi connectivity index (χ0v) is 21.4. The smallest absolute Gasteiger partial charge is 0.272 e. The molecule has 5 heteroatoms. The lowest BCUT2D eigenvalue weighted by Gasteiger charge is -2.14. The van der Waals surface area contributed by atoms with Crippen molar-refractivity contribution in [2.24, 2.45) is 0 Å². The second-order valence-electron chi connectivity index (χ2n) is 9.43. The number of aromatic nitrogens is 2. The number of allylic oxidation sites excluding steroid dienone is 1. The molecule has 36 heavy (non-hydrogen) atoms. The highest BCUT2D eigenvalue weighted by Crippen LogP contribution is 2.36. The van der Waals surface area contributed by atoms with Gasteiger partial charge in [0.15, 0.2) is 5.69 Å². The second kappa shape index (κ2) is 10.5. The van der Waals surface area contributed by atoms with Gasteiger partial charge in [0.1, 0.15) is 0 Å². The van der Waals surface area contributed by atoms with Gasteiger partial charge in [-0.25, -0.2) is 4.68 Å². The number of hydrogen-bond acceptors (Lipinski definition) is 2. The summed E-state index contributed by atoms with van der Waals surface area (Å²) in [5.74, 6) is -0.162. The van der Waals surface area contributed by atoms with Crippen LogP contribution >= 0.6 is 11.6 Å². The number of nitrogens with one attached hydrogen (secondary N) is 1. The van der Waals surface area contributed by atoms with Gasteiger partial charge in [-0.2, -0.15) is 5.10 Å². The predicted molar refractivity (Wildman–Crippen MR) is 148 cm³/mol. The fourth-order valence-corrected chi connectivity index (χ4v) is 5.04. The summed E-state index contributed by atoms with van der Waals surface area (Å²) in [6, 6.07) is 26.1. The third-order valence-corrected chi connectivity index (χ3v) is 7.09. The van der Waals surface area contributed by atoms with Gasteiger partial charge in [-0.3, -0.25) is 4.79 Å². The van der Waals surface area contributed by atoms with E-state index in [0.717, 1.165) is 53.8 Å². The minimum Gasteiger partial charge on any atom is -0.344 e. The van der Waals surface area contributed by atoms with Crippen molar-refractivity contribution in [1.29, 1.82) is 0 Å². The van der Waals surface area contributed by atoms with Crippen molar-refractivity contribution in [3.8, 4) is 5.69 Å². The Kier molecular flexibility index (Phi) is 7.06. The van der Waals surface area contributed by atoms with Gasteiger partial charge >= 0.3 is 0 Å². The minimum atomic E-state index is -0.162. The SMILES string of the molecule is Cc1ccc(/C=C2\CCCCc3c(C(=O)N[C@H](C)c4ccccc4)nn(-c4ccccc4Cl)c32)cc1. The number of nitrogens with zero attached hydrogens (tertiary/aromatic N) is 2. The first-order valence-corrected chi connectivity index (χ1v) is 12.9. The Morgan fingerprint density at radius 1 is 0.972 bits per heavy atom. The number of halogens is 1. The number of para-hydroxylation sites is 1. The molecule has 1 atom stereocenters. The van der Waals surface area contributed by atoms with Crippen molar-refractivity contribution >= 4 is 29.2 Å². The maximum absolute atomic E-state index is 13.6. The molecule has 4 nitrogen and oxygen atoms in total. The Morgan fingerprint density at radius 3 is 2.42 bits per heavy atom. The number of amides is 1. The molecule has 3 aromatic carbocycles. The van der Waals surface area contributed by atoms with E-state index >= 15 is 0 Å². The summed E-state index contributed by atoms with van der Waals surface area (Å²) in [6.07, 6.45) is 6.00. The van der Waals surface area contributed by atoms with E-state index < -0.39 is 0 Å². The first-order chi connectivity index (χ1) is 17.5. The predicted octanol–water partition coefficient (Wildman–Crippen LogP) is 7.59. The molecule has 0 radical (unpaired) electrons. The third kappa shape index (κ3) is 5.00. The Morgan fingerprint density at radius 2 is 1.67 bits per heavy atom. The summed E-state index contributed by atoms with van der Waals surface area (Å²) in [5, 5.41) is 8.67. The van der Waals surface area contributed by atoms with Gasteiger partial charge in [0.2, 0.25) is 0 Å². The van der Waals surface area contributed by atoms with E-state index in [1.807, 2.05) is 66.2 Å². The maximum atomic E-state index is 13.6. The molecular weight excluding hydrogens is 466 g/mol. The molecule has 0 saturated heterocycles. The van der Waals surface area contributed by atoms with Gasteiger partial charge in [-0.05, 0) is 74.4 Å². The van der Waals surface area contributed by atoms with Crippen molar-refractivity contribution in [2.75, 3.05) is 0 Å². The van der Waals surface area contributed by atoms with Crippen LogP contribution in [0.15, 0.2) is 78.9 Å². The summed E-state index contributed by atoms with van der Waals surface area (Å²) in [4.78, 5) is 13.6. The van der Waals surface area contributed by atoms with Gasteiger partial charge in [0.05, 0.1) is 22.4 Å². The molecular formula is C31H30ClN3O. The Bertz CT molecular complexity index is 1400. The van der Waals surface area contributed by atoms with Crippen molar-refractivity contribution in [3.63, 3.8) is 0 Å². The van der Waals surface area contributed by atoms with E-state index in [1.165, 1.54) is 11.1 Å². The van der Waals surface area contributed by atoms with Gasteiger partial charge in [0.25, 0.3) is 5.91 Å². The Balaban J connectivity index is 1.63. The van der Waals surface area contributed by atoms with Crippen molar-refractivity contribution in [3.05, 3.63) is 118 Å². The number of carbonyl (C=O) groups is 1. The molecule has 0 aliphatic heterocycles. The van der Waals surface area contributed by atoms with Crippen molar-refractivity contribution in [2.45, 2.75) is 45.6 Å². The van der Waals surface area contributed by atoms with E-state index in [1.54, 1.807) is 0 Å². The molecule has 0 fully saturated rings. The average molecular weight is 496 g/mol. The molecule has 4 aromatic rings. The highest BCUT2D eigenvalue weighted by Gasteiger charge is 2.28. The number of rotatable bonds is 5. The molecule has 1 N–H and O–H groups in total. The molecule has 5 rings (SSSR count). The normalized spacial score (nSPS) is 15.2. The molecule has 0 saturated carbocycles. The van der Waals surface area contributed by atoms with Crippen LogP contribution in [0.25, 0.3) is 17.3 Å². The Labute approximate surface area is 217 Å². The van der Waals surface area contributed by atoms with Crippen LogP contribution in [0.5, 0.6) is 0 Å². The fraction of sp³-hybridized carbons (Fsp3) is 0.226. The molecule has 0 unspecified atom stereocenters. The van der Waals surface area contributed by atoms with Crippen molar-refractivity contribution < 1.29 is 4.79 Å². The van der Waals surface area contributed by atoms with E-state index in [-0.39, 0.29) is 11.9 Å². The van der Waals surface area contributed by atoms with Gasteiger partial charge in [0, 0.05) is 5.56 Å². The molecule has 0 spiro atoms. The summed E-state index contributed by atoms with van der Waals surface area (Å²) >= 11 is 6.64. The van der Waals surface area contributed by atoms with E-state index in [0.29, 0.717) is 10.7 Å². The quantitative estimate of drug-likeness (QED) is 0.290. The lowest BCUT2D eigenvalue weighted by molar-refractivity contribution is 0.0933. The highest BCUT2D eigenvalue weighted by atomic mass is 35.5. The molecule has 0 bridgehead atoms. The monoisotopic (exact) mass is 495 g/mol. The zero-order valence-electron chi connectivity index (χ0n) is 20.7. The first kappa shape index (κ1) is 24.1. The maximum Gasteiger partial charge on any atom is 0.272 e. The van der Waals surface area contributed by atoms with Crippen LogP contribution < -0.4 is 5.32 Å². The largest absolute Gasteiger partial charge is 0.344 e. The molecule has 1 aliphatic rings. The summed E-state index contributed by atoms with van der Waals surface area (Å²) in [6.45, 7) is 4.09. The fourth-order valence-electron chi connectivity index (χ4n) is 4.83. The molecule has 1 heterocycles. The topological polar surface area (TPSA) is 46.9 Å². The molecule has 1 aliphatic carbocycles. The number of fused-ring (bicyclic) bond motifs is 1. The molecule has 1 amide bonds. The van der Waals surface area contributed by atoms with Crippen molar-refractivity contribution in [1.82, 2.24) is 15.1 Å². The minimum absolute atomic E-state index is 0.131. The summed E-state index contributed by atoms with van der Waals surface area (Å²) in [7, 11) is 0. The van der Waals surface area contributed by atoms with Gasteiger partial charge < -0.3 is 5.32 Å². The van der Waals surface area contributed by atoms with Crippen LogP contribution in [0.1, 0.15) is 70.7 Å². The van der Waals surface area contributed by atoms with Gasteiger partial charge in [-0.1, -0.05) is 83.9 Å². The lowest BCUT2D eigenvalue weighted by Crippen LogP contribution is -2.28. The van der Waals surface area contributed by atoms with Crippen LogP contribution in [0.4, 0.5) is 0 Å². The standard InChI is InChI=1S/C31H30ClN3O/c1-21-16-18-23(19-17-21)20-25-12-6-7-13-26-29(31(36)33-22(2)24-10-4-3-5-11-24)34-35(30(25)26)28-15-9-8-14-27(28)32/h3-5,8-11,14-20,22H,6-7,12-13H2,1-2H3,(H,33,36)/b25-20+/t22-/m1/s1. The van der Waals surface area contributed by atoms with Crippen LogP contribution in [-0.4, -0.2) is 15.7 Å². The number of aryl methyl sites for hydroxylation is 1. The van der Waals surface area contributed by atoms with E-state index in [4.69, 9.17) is 16.7 Å². The lowest BCUT2D eigenvalue weighted by atomic mass is 10.0. The summed E-state index contributed by atoms with van der Waals surface area (Å²) < 4.78 is 1.88. The molecule has 182 valence electrons. The number of hydrogen-bond donors (Lipinski definition) is 1. The van der Waals surface area contributed by atoms with Crippen LogP contribution in [0, 0.1) is 6.92 Å². The third-order valence-electron chi connectivity index (χ3n) is 6.77. The zero-order chi connectivity index (χ0) is 25.1. The van der Waals surface area contributed by atoms with Crippen LogP contribution in [-0.2, 0) is 6.42 Å².